The topological polar surface area (TPSA) is 46.6 Å². The van der Waals surface area contributed by atoms with Crippen molar-refractivity contribution in [2.75, 3.05) is 13.0 Å². The molecular weight excluding hydrogens is 201 g/mol. The highest BCUT2D eigenvalue weighted by Gasteiger charge is 2.41. The Morgan fingerprint density at radius 3 is 2.43 bits per heavy atom. The second-order valence-corrected chi connectivity index (χ2v) is 7.36. The van der Waals surface area contributed by atoms with Crippen molar-refractivity contribution < 1.29 is 13.9 Å². The fourth-order valence-electron chi connectivity index (χ4n) is 1.50. The third-order valence-electron chi connectivity index (χ3n) is 2.20. The van der Waals surface area contributed by atoms with Crippen LogP contribution in [-0.4, -0.2) is 35.4 Å². The highest BCUT2D eigenvalue weighted by Crippen LogP contribution is 2.49. The molecule has 2 atom stereocenters. The van der Waals surface area contributed by atoms with Gasteiger partial charge in [0, 0.05) is 12.2 Å². The normalized spacial score (nSPS) is 34.8. The molecule has 0 aromatic rings. The highest BCUT2D eigenvalue weighted by molar-refractivity contribution is 7.58. The first-order chi connectivity index (χ1) is 6.13. The van der Waals surface area contributed by atoms with Crippen molar-refractivity contribution in [3.63, 3.8) is 0 Å². The molecule has 1 heterocycles. The molecule has 4 nitrogen and oxygen atoms in total. The van der Waals surface area contributed by atoms with Crippen LogP contribution in [0.3, 0.4) is 0 Å². The van der Waals surface area contributed by atoms with Crippen LogP contribution in [0.1, 0.15) is 27.7 Å². The van der Waals surface area contributed by atoms with Crippen LogP contribution in [0.4, 0.5) is 0 Å². The van der Waals surface area contributed by atoms with Gasteiger partial charge in [0.05, 0.1) is 6.29 Å². The van der Waals surface area contributed by atoms with E-state index in [1.54, 1.807) is 18.5 Å². The molecule has 0 bridgehead atoms. The number of carbonyl (C=O) groups is 1. The maximum absolute atomic E-state index is 11.8. The molecule has 82 valence electrons. The third-order valence-corrected chi connectivity index (χ3v) is 3.76. The van der Waals surface area contributed by atoms with E-state index < -0.39 is 13.5 Å². The van der Waals surface area contributed by atoms with E-state index in [1.807, 2.05) is 20.8 Å². The van der Waals surface area contributed by atoms with Gasteiger partial charge in [-0.15, -0.1) is 0 Å². The summed E-state index contributed by atoms with van der Waals surface area (Å²) >= 11 is 0. The SMILES string of the molecule is CC1OP(C)(=O)CN(C(C)(C)C)C1=O. The van der Waals surface area contributed by atoms with Gasteiger partial charge in [-0.3, -0.25) is 9.36 Å². The Morgan fingerprint density at radius 2 is 2.00 bits per heavy atom. The Morgan fingerprint density at radius 1 is 1.50 bits per heavy atom. The van der Waals surface area contributed by atoms with E-state index in [2.05, 4.69) is 0 Å². The molecule has 0 aromatic heterocycles. The lowest BCUT2D eigenvalue weighted by Crippen LogP contribution is -2.52. The summed E-state index contributed by atoms with van der Waals surface area (Å²) in [6.45, 7) is 9.03. The van der Waals surface area contributed by atoms with Gasteiger partial charge in [-0.1, -0.05) is 0 Å². The molecule has 14 heavy (non-hydrogen) atoms. The minimum absolute atomic E-state index is 0.0779. The van der Waals surface area contributed by atoms with Crippen molar-refractivity contribution in [2.24, 2.45) is 0 Å². The molecule has 1 fully saturated rings. The number of nitrogens with zero attached hydrogens (tertiary/aromatic N) is 1. The molecular formula is C9H18NO3P. The molecule has 0 radical (unpaired) electrons. The summed E-state index contributed by atoms with van der Waals surface area (Å²) in [4.78, 5) is 13.4. The second kappa shape index (κ2) is 3.35. The number of rotatable bonds is 0. The molecule has 0 saturated carbocycles. The van der Waals surface area contributed by atoms with E-state index in [0.29, 0.717) is 0 Å². The minimum atomic E-state index is -2.63. The lowest BCUT2D eigenvalue weighted by Gasteiger charge is -2.42. The van der Waals surface area contributed by atoms with Crippen LogP contribution in [0, 0.1) is 0 Å². The van der Waals surface area contributed by atoms with E-state index in [0.717, 1.165) is 0 Å². The summed E-state index contributed by atoms with van der Waals surface area (Å²) < 4.78 is 17.0. The van der Waals surface area contributed by atoms with E-state index in [4.69, 9.17) is 4.52 Å². The molecule has 0 aliphatic carbocycles. The van der Waals surface area contributed by atoms with Crippen LogP contribution in [0.25, 0.3) is 0 Å². The first-order valence-corrected chi connectivity index (χ1v) is 6.96. The van der Waals surface area contributed by atoms with Gasteiger partial charge in [-0.25, -0.2) is 0 Å². The Kier molecular flexibility index (Phi) is 2.81. The lowest BCUT2D eigenvalue weighted by atomic mass is 10.1. The first kappa shape index (κ1) is 11.7. The summed E-state index contributed by atoms with van der Waals surface area (Å²) in [5.41, 5.74) is -0.291. The lowest BCUT2D eigenvalue weighted by molar-refractivity contribution is -0.144. The van der Waals surface area contributed by atoms with Crippen molar-refractivity contribution in [3.8, 4) is 0 Å². The van der Waals surface area contributed by atoms with Gasteiger partial charge >= 0.3 is 0 Å². The molecule has 1 amide bonds. The van der Waals surface area contributed by atoms with Crippen molar-refractivity contribution >= 4 is 13.3 Å². The second-order valence-electron chi connectivity index (χ2n) is 4.84. The van der Waals surface area contributed by atoms with Crippen LogP contribution in [0.15, 0.2) is 0 Å². The molecule has 1 rings (SSSR count). The standard InChI is InChI=1S/C9H18NO3P/c1-7-8(11)10(9(2,3)4)6-14(5,12)13-7/h7H,6H2,1-5H3. The molecule has 0 aromatic carbocycles. The predicted octanol–water partition coefficient (Wildman–Crippen LogP) is 1.90. The number of amides is 1. The van der Waals surface area contributed by atoms with Gasteiger partial charge in [0.15, 0.2) is 0 Å². The molecule has 0 spiro atoms. The van der Waals surface area contributed by atoms with Gasteiger partial charge in [-0.05, 0) is 27.7 Å². The Hall–Kier alpha value is -0.340. The van der Waals surface area contributed by atoms with Crippen LogP contribution >= 0.6 is 7.37 Å². The van der Waals surface area contributed by atoms with E-state index in [1.165, 1.54) is 0 Å². The zero-order chi connectivity index (χ0) is 11.1. The maximum Gasteiger partial charge on any atom is 0.252 e. The Balaban J connectivity index is 2.95. The summed E-state index contributed by atoms with van der Waals surface area (Å²) in [6.07, 6.45) is -0.363. The molecule has 1 aliphatic heterocycles. The molecule has 5 heteroatoms. The minimum Gasteiger partial charge on any atom is -0.326 e. The molecule has 0 N–H and O–H groups in total. The highest BCUT2D eigenvalue weighted by atomic mass is 31.2. The van der Waals surface area contributed by atoms with Crippen LogP contribution in [0.2, 0.25) is 0 Å². The quantitative estimate of drug-likeness (QED) is 0.584. The number of hydrogen-bond acceptors (Lipinski definition) is 3. The van der Waals surface area contributed by atoms with E-state index >= 15 is 0 Å². The van der Waals surface area contributed by atoms with Crippen LogP contribution < -0.4 is 0 Å². The largest absolute Gasteiger partial charge is 0.326 e. The smallest absolute Gasteiger partial charge is 0.252 e. The first-order valence-electron chi connectivity index (χ1n) is 4.70. The monoisotopic (exact) mass is 219 g/mol. The number of hydrogen-bond donors (Lipinski definition) is 0. The summed E-state index contributed by atoms with van der Waals surface area (Å²) in [5, 5.41) is 0. The Bertz CT molecular complexity index is 295. The molecule has 1 aliphatic rings. The van der Waals surface area contributed by atoms with Gasteiger partial charge in [0.2, 0.25) is 7.37 Å². The van der Waals surface area contributed by atoms with Crippen molar-refractivity contribution in [1.29, 1.82) is 0 Å². The summed E-state index contributed by atoms with van der Waals surface area (Å²) in [6, 6.07) is 0. The van der Waals surface area contributed by atoms with Gasteiger partial charge in [-0.2, -0.15) is 0 Å². The fraction of sp³-hybridized carbons (Fsp3) is 0.889. The van der Waals surface area contributed by atoms with Crippen LogP contribution in [-0.2, 0) is 13.9 Å². The zero-order valence-electron chi connectivity index (χ0n) is 9.40. The van der Waals surface area contributed by atoms with Crippen LogP contribution in [0.5, 0.6) is 0 Å². The maximum atomic E-state index is 11.8. The van der Waals surface area contributed by atoms with Crippen molar-refractivity contribution in [3.05, 3.63) is 0 Å². The predicted molar refractivity (Wildman–Crippen MR) is 55.5 cm³/mol. The van der Waals surface area contributed by atoms with Gasteiger partial charge < -0.3 is 9.42 Å². The fourth-order valence-corrected chi connectivity index (χ4v) is 3.40. The van der Waals surface area contributed by atoms with E-state index in [-0.39, 0.29) is 17.7 Å². The summed E-state index contributed by atoms with van der Waals surface area (Å²) in [5.74, 6) is -0.0779. The van der Waals surface area contributed by atoms with Gasteiger partial charge in [0.1, 0.15) is 6.10 Å². The number of carbonyl (C=O) groups excluding carboxylic acids is 1. The Labute approximate surface area is 85.1 Å². The molecule has 1 saturated heterocycles. The van der Waals surface area contributed by atoms with Crippen molar-refractivity contribution in [1.82, 2.24) is 4.90 Å². The average Bonchev–Trinajstić information content (AvgIpc) is 1.93. The third kappa shape index (κ3) is 2.37. The summed E-state index contributed by atoms with van der Waals surface area (Å²) in [7, 11) is -2.63. The molecule has 2 unspecified atom stereocenters. The zero-order valence-corrected chi connectivity index (χ0v) is 10.3. The van der Waals surface area contributed by atoms with Gasteiger partial charge in [0.25, 0.3) is 5.91 Å². The average molecular weight is 219 g/mol. The van der Waals surface area contributed by atoms with Crippen molar-refractivity contribution in [2.45, 2.75) is 39.3 Å². The van der Waals surface area contributed by atoms with E-state index in [9.17, 15) is 9.36 Å².